The van der Waals surface area contributed by atoms with Gasteiger partial charge in [0.05, 0.1) is 6.42 Å². The molecule has 5 heteroatoms. The monoisotopic (exact) mass is 297 g/mol. The molecule has 1 amide bonds. The lowest BCUT2D eigenvalue weighted by atomic mass is 9.69. The van der Waals surface area contributed by atoms with Crippen LogP contribution >= 0.6 is 0 Å². The Labute approximate surface area is 126 Å². The van der Waals surface area contributed by atoms with Crippen LogP contribution in [0.1, 0.15) is 57.8 Å². The van der Waals surface area contributed by atoms with E-state index in [1.165, 1.54) is 0 Å². The Morgan fingerprint density at radius 1 is 1.10 bits per heavy atom. The van der Waals surface area contributed by atoms with Crippen molar-refractivity contribution in [2.24, 2.45) is 11.3 Å². The van der Waals surface area contributed by atoms with E-state index in [0.717, 1.165) is 51.5 Å². The minimum absolute atomic E-state index is 0.0799. The van der Waals surface area contributed by atoms with Crippen LogP contribution in [0.25, 0.3) is 0 Å². The molecule has 2 rings (SSSR count). The highest BCUT2D eigenvalue weighted by atomic mass is 16.4. The van der Waals surface area contributed by atoms with Crippen LogP contribution < -0.4 is 0 Å². The van der Waals surface area contributed by atoms with Crippen LogP contribution in [0.5, 0.6) is 0 Å². The SMILES string of the molecule is O=C(O)CC1(CC(=O)N2CCCC(CO)C2)CCCCC1. The quantitative estimate of drug-likeness (QED) is 0.814. The number of rotatable bonds is 5. The Hall–Kier alpha value is -1.10. The molecule has 5 nitrogen and oxygen atoms in total. The van der Waals surface area contributed by atoms with Crippen molar-refractivity contribution in [2.45, 2.75) is 57.8 Å². The molecular weight excluding hydrogens is 270 g/mol. The van der Waals surface area contributed by atoms with Gasteiger partial charge in [-0.25, -0.2) is 0 Å². The number of aliphatic hydroxyl groups excluding tert-OH is 1. The van der Waals surface area contributed by atoms with Crippen molar-refractivity contribution in [1.29, 1.82) is 0 Å². The fraction of sp³-hybridized carbons (Fsp3) is 0.875. The van der Waals surface area contributed by atoms with E-state index in [1.54, 1.807) is 0 Å². The number of hydrogen-bond acceptors (Lipinski definition) is 3. The van der Waals surface area contributed by atoms with Crippen molar-refractivity contribution in [3.63, 3.8) is 0 Å². The summed E-state index contributed by atoms with van der Waals surface area (Å²) in [6, 6.07) is 0. The third-order valence-corrected chi connectivity index (χ3v) is 5.10. The molecule has 1 aliphatic heterocycles. The zero-order valence-corrected chi connectivity index (χ0v) is 12.7. The standard InChI is InChI=1S/C16H27NO4/c18-12-13-5-4-8-17(11-13)14(19)9-16(10-15(20)21)6-2-1-3-7-16/h13,18H,1-12H2,(H,20,21). The highest BCUT2D eigenvalue weighted by Crippen LogP contribution is 2.42. The van der Waals surface area contributed by atoms with E-state index < -0.39 is 5.97 Å². The summed E-state index contributed by atoms with van der Waals surface area (Å²) >= 11 is 0. The molecule has 0 radical (unpaired) electrons. The molecule has 0 aromatic rings. The van der Waals surface area contributed by atoms with Crippen LogP contribution in [0.3, 0.4) is 0 Å². The molecule has 1 aliphatic carbocycles. The Balaban J connectivity index is 1.98. The van der Waals surface area contributed by atoms with Gasteiger partial charge in [-0.3, -0.25) is 9.59 Å². The summed E-state index contributed by atoms with van der Waals surface area (Å²) in [7, 11) is 0. The number of carboxylic acid groups (broad SMARTS) is 1. The molecule has 0 aromatic carbocycles. The van der Waals surface area contributed by atoms with Crippen molar-refractivity contribution in [2.75, 3.05) is 19.7 Å². The van der Waals surface area contributed by atoms with E-state index in [4.69, 9.17) is 0 Å². The summed E-state index contributed by atoms with van der Waals surface area (Å²) in [5.74, 6) is -0.530. The average molecular weight is 297 g/mol. The van der Waals surface area contributed by atoms with E-state index >= 15 is 0 Å². The number of likely N-dealkylation sites (tertiary alicyclic amines) is 1. The molecule has 1 atom stereocenters. The van der Waals surface area contributed by atoms with Crippen molar-refractivity contribution < 1.29 is 19.8 Å². The van der Waals surface area contributed by atoms with Crippen LogP contribution in [0.15, 0.2) is 0 Å². The topological polar surface area (TPSA) is 77.8 Å². The second-order valence-electron chi connectivity index (χ2n) is 6.84. The van der Waals surface area contributed by atoms with E-state index in [-0.39, 0.29) is 30.3 Å². The first-order valence-corrected chi connectivity index (χ1v) is 8.15. The molecular formula is C16H27NO4. The van der Waals surface area contributed by atoms with Crippen LogP contribution in [0, 0.1) is 11.3 Å². The van der Waals surface area contributed by atoms with Gasteiger partial charge in [0.2, 0.25) is 5.91 Å². The Morgan fingerprint density at radius 2 is 1.81 bits per heavy atom. The number of amides is 1. The molecule has 0 spiro atoms. The van der Waals surface area contributed by atoms with Gasteiger partial charge in [0, 0.05) is 26.1 Å². The van der Waals surface area contributed by atoms with E-state index in [2.05, 4.69) is 0 Å². The molecule has 1 saturated carbocycles. The summed E-state index contributed by atoms with van der Waals surface area (Å²) in [5, 5.41) is 18.4. The fourth-order valence-electron chi connectivity index (χ4n) is 3.91. The average Bonchev–Trinajstić information content (AvgIpc) is 2.47. The van der Waals surface area contributed by atoms with Gasteiger partial charge in [-0.05, 0) is 37.0 Å². The van der Waals surface area contributed by atoms with Gasteiger partial charge in [0.15, 0.2) is 0 Å². The Morgan fingerprint density at radius 3 is 2.43 bits per heavy atom. The molecule has 2 N–H and O–H groups in total. The van der Waals surface area contributed by atoms with Gasteiger partial charge in [-0.15, -0.1) is 0 Å². The molecule has 120 valence electrons. The summed E-state index contributed by atoms with van der Waals surface area (Å²) < 4.78 is 0. The second kappa shape index (κ2) is 7.25. The minimum atomic E-state index is -0.795. The predicted molar refractivity (Wildman–Crippen MR) is 78.8 cm³/mol. The molecule has 21 heavy (non-hydrogen) atoms. The number of nitrogens with zero attached hydrogens (tertiary/aromatic N) is 1. The lowest BCUT2D eigenvalue weighted by molar-refractivity contribution is -0.143. The Bertz CT molecular complexity index is 376. The summed E-state index contributed by atoms with van der Waals surface area (Å²) in [4.78, 5) is 25.6. The number of carbonyl (C=O) groups excluding carboxylic acids is 1. The Kier molecular flexibility index (Phi) is 5.62. The first-order chi connectivity index (χ1) is 10.0. The number of aliphatic carboxylic acids is 1. The third-order valence-electron chi connectivity index (χ3n) is 5.10. The molecule has 1 unspecified atom stereocenters. The van der Waals surface area contributed by atoms with Gasteiger partial charge < -0.3 is 15.1 Å². The number of hydrogen-bond donors (Lipinski definition) is 2. The largest absolute Gasteiger partial charge is 0.481 e. The molecule has 1 saturated heterocycles. The number of carboxylic acids is 1. The lowest BCUT2D eigenvalue weighted by Gasteiger charge is -2.39. The number of piperidine rings is 1. The van der Waals surface area contributed by atoms with Gasteiger partial charge >= 0.3 is 5.97 Å². The first kappa shape index (κ1) is 16.3. The smallest absolute Gasteiger partial charge is 0.303 e. The first-order valence-electron chi connectivity index (χ1n) is 8.15. The van der Waals surface area contributed by atoms with Crippen LogP contribution in [-0.4, -0.2) is 46.7 Å². The summed E-state index contributed by atoms with van der Waals surface area (Å²) in [6.07, 6.45) is 7.27. The van der Waals surface area contributed by atoms with Crippen LogP contribution in [0.2, 0.25) is 0 Å². The fourth-order valence-corrected chi connectivity index (χ4v) is 3.91. The maximum Gasteiger partial charge on any atom is 0.303 e. The highest BCUT2D eigenvalue weighted by Gasteiger charge is 2.38. The number of carbonyl (C=O) groups is 2. The van der Waals surface area contributed by atoms with E-state index in [0.29, 0.717) is 13.0 Å². The van der Waals surface area contributed by atoms with Crippen molar-refractivity contribution in [3.8, 4) is 0 Å². The maximum absolute atomic E-state index is 12.6. The molecule has 2 fully saturated rings. The summed E-state index contributed by atoms with van der Waals surface area (Å²) in [6.45, 7) is 1.50. The lowest BCUT2D eigenvalue weighted by Crippen LogP contribution is -2.43. The van der Waals surface area contributed by atoms with Crippen LogP contribution in [0.4, 0.5) is 0 Å². The predicted octanol–water partition coefficient (Wildman–Crippen LogP) is 2.03. The highest BCUT2D eigenvalue weighted by molar-refractivity contribution is 5.78. The van der Waals surface area contributed by atoms with Gasteiger partial charge in [0.1, 0.15) is 0 Å². The van der Waals surface area contributed by atoms with Crippen molar-refractivity contribution >= 4 is 11.9 Å². The maximum atomic E-state index is 12.6. The van der Waals surface area contributed by atoms with Crippen molar-refractivity contribution in [1.82, 2.24) is 4.90 Å². The van der Waals surface area contributed by atoms with Crippen molar-refractivity contribution in [3.05, 3.63) is 0 Å². The summed E-state index contributed by atoms with van der Waals surface area (Å²) in [5.41, 5.74) is -0.340. The molecule has 1 heterocycles. The van der Waals surface area contributed by atoms with E-state index in [1.807, 2.05) is 4.90 Å². The van der Waals surface area contributed by atoms with Gasteiger partial charge in [0.25, 0.3) is 0 Å². The zero-order valence-electron chi connectivity index (χ0n) is 12.7. The third kappa shape index (κ3) is 4.43. The molecule has 2 aliphatic rings. The number of aliphatic hydroxyl groups is 1. The van der Waals surface area contributed by atoms with E-state index in [9.17, 15) is 19.8 Å². The zero-order chi connectivity index (χ0) is 15.3. The normalized spacial score (nSPS) is 25.6. The second-order valence-corrected chi connectivity index (χ2v) is 6.84. The molecule has 0 bridgehead atoms. The van der Waals surface area contributed by atoms with Gasteiger partial charge in [-0.1, -0.05) is 19.3 Å². The molecule has 0 aromatic heterocycles. The van der Waals surface area contributed by atoms with Gasteiger partial charge in [-0.2, -0.15) is 0 Å². The minimum Gasteiger partial charge on any atom is -0.481 e. The van der Waals surface area contributed by atoms with Crippen LogP contribution in [-0.2, 0) is 9.59 Å².